The average molecular weight is 494 g/mol. The molecule has 1 aliphatic carbocycles. The standard InChI is InChI=1S/C25H31N7O2S/c1-17-8-9-21-20(14-17)24(33)31(3)22-16-27-25(29-23(22)30(21)2)28-18-6-4-5-7-19(15-18)35(34)32-12-10-26-11-13-32/h4,6,8-9,14-16,19,26H,5,7,10-13H2,1-3H3,(H,27,28,29). The third-order valence-corrected chi connectivity index (χ3v) is 8.37. The number of benzene rings is 1. The van der Waals surface area contributed by atoms with Gasteiger partial charge in [0.2, 0.25) is 5.95 Å². The second kappa shape index (κ2) is 9.88. The number of allylic oxidation sites excluding steroid dienone is 2. The Morgan fingerprint density at radius 3 is 2.74 bits per heavy atom. The van der Waals surface area contributed by atoms with Crippen molar-refractivity contribution in [3.05, 3.63) is 59.4 Å². The maximum Gasteiger partial charge on any atom is 0.260 e. The first kappa shape index (κ1) is 23.7. The minimum Gasteiger partial charge on any atom is -0.327 e. The number of fused-ring (bicyclic) bond motifs is 2. The fourth-order valence-corrected chi connectivity index (χ4v) is 6.15. The van der Waals surface area contributed by atoms with Crippen molar-refractivity contribution >= 4 is 40.0 Å². The summed E-state index contributed by atoms with van der Waals surface area (Å²) in [6, 6.07) is 5.85. The molecule has 1 aromatic heterocycles. The van der Waals surface area contributed by atoms with E-state index < -0.39 is 11.0 Å². The highest BCUT2D eigenvalue weighted by Gasteiger charge is 2.29. The fraction of sp³-hybridized carbons (Fsp3) is 0.400. The molecule has 2 atom stereocenters. The molecule has 2 N–H and O–H groups in total. The number of rotatable bonds is 4. The zero-order chi connectivity index (χ0) is 24.5. The number of amides is 1. The number of carbonyl (C=O) groups is 1. The summed E-state index contributed by atoms with van der Waals surface area (Å²) in [6.45, 7) is 5.29. The molecule has 3 aliphatic rings. The van der Waals surface area contributed by atoms with Gasteiger partial charge in [0.15, 0.2) is 5.82 Å². The molecule has 2 aliphatic heterocycles. The van der Waals surface area contributed by atoms with E-state index in [0.29, 0.717) is 23.0 Å². The number of carbonyl (C=O) groups excluding carboxylic acids is 1. The molecule has 10 heteroatoms. The quantitative estimate of drug-likeness (QED) is 0.676. The highest BCUT2D eigenvalue weighted by atomic mass is 32.2. The van der Waals surface area contributed by atoms with E-state index in [9.17, 15) is 9.00 Å². The third kappa shape index (κ3) is 4.73. The summed E-state index contributed by atoms with van der Waals surface area (Å²) in [5.74, 6) is 0.975. The molecule has 9 nitrogen and oxygen atoms in total. The molecule has 0 bridgehead atoms. The summed E-state index contributed by atoms with van der Waals surface area (Å²) in [7, 11) is 2.57. The molecule has 5 rings (SSSR count). The van der Waals surface area contributed by atoms with Crippen LogP contribution in [0.2, 0.25) is 0 Å². The van der Waals surface area contributed by atoms with E-state index in [1.54, 1.807) is 18.1 Å². The van der Waals surface area contributed by atoms with Gasteiger partial charge in [-0.15, -0.1) is 0 Å². The molecule has 184 valence electrons. The lowest BCUT2D eigenvalue weighted by molar-refractivity contribution is 0.0994. The molecule has 2 aromatic rings. The smallest absolute Gasteiger partial charge is 0.260 e. The van der Waals surface area contributed by atoms with Gasteiger partial charge < -0.3 is 20.4 Å². The lowest BCUT2D eigenvalue weighted by Gasteiger charge is -2.28. The van der Waals surface area contributed by atoms with Gasteiger partial charge >= 0.3 is 0 Å². The summed E-state index contributed by atoms with van der Waals surface area (Å²) >= 11 is 0. The van der Waals surface area contributed by atoms with E-state index in [2.05, 4.69) is 26.0 Å². The summed E-state index contributed by atoms with van der Waals surface area (Å²) in [6.07, 6.45) is 9.50. The van der Waals surface area contributed by atoms with Crippen molar-refractivity contribution in [1.29, 1.82) is 0 Å². The van der Waals surface area contributed by atoms with Gasteiger partial charge in [0, 0.05) is 46.0 Å². The molecular weight excluding hydrogens is 462 g/mol. The first-order valence-corrected chi connectivity index (χ1v) is 13.1. The number of hydrogen-bond acceptors (Lipinski definition) is 7. The van der Waals surface area contributed by atoms with Crippen LogP contribution in [0, 0.1) is 6.92 Å². The van der Waals surface area contributed by atoms with E-state index in [1.165, 1.54) is 0 Å². The van der Waals surface area contributed by atoms with Gasteiger partial charge in [-0.3, -0.25) is 4.79 Å². The normalized spacial score (nSPS) is 21.5. The van der Waals surface area contributed by atoms with E-state index in [1.807, 2.05) is 49.2 Å². The van der Waals surface area contributed by atoms with E-state index in [-0.39, 0.29) is 11.2 Å². The number of nitrogens with zero attached hydrogens (tertiary/aromatic N) is 5. The first-order chi connectivity index (χ1) is 16.9. The van der Waals surface area contributed by atoms with Crippen molar-refractivity contribution in [3.63, 3.8) is 0 Å². The highest BCUT2D eigenvalue weighted by molar-refractivity contribution is 7.83. The Morgan fingerprint density at radius 2 is 1.94 bits per heavy atom. The first-order valence-electron chi connectivity index (χ1n) is 11.9. The molecule has 3 heterocycles. The predicted molar refractivity (Wildman–Crippen MR) is 140 cm³/mol. The van der Waals surface area contributed by atoms with Gasteiger partial charge in [-0.05, 0) is 44.1 Å². The summed E-state index contributed by atoms with van der Waals surface area (Å²) in [4.78, 5) is 26.0. The topological polar surface area (TPSA) is 93.7 Å². The van der Waals surface area contributed by atoms with E-state index in [0.717, 1.165) is 56.0 Å². The third-order valence-electron chi connectivity index (χ3n) is 6.60. The van der Waals surface area contributed by atoms with E-state index >= 15 is 0 Å². The average Bonchev–Trinajstić information content (AvgIpc) is 3.15. The van der Waals surface area contributed by atoms with Crippen molar-refractivity contribution < 1.29 is 9.00 Å². The Hall–Kier alpha value is -3.08. The number of hydrogen-bond donors (Lipinski definition) is 2. The van der Waals surface area contributed by atoms with Crippen LogP contribution in [0.3, 0.4) is 0 Å². The molecule has 0 spiro atoms. The van der Waals surface area contributed by atoms with Crippen molar-refractivity contribution in [3.8, 4) is 0 Å². The Morgan fingerprint density at radius 1 is 1.14 bits per heavy atom. The molecule has 1 saturated heterocycles. The molecule has 0 radical (unpaired) electrons. The summed E-state index contributed by atoms with van der Waals surface area (Å²) in [5, 5.41) is 6.55. The van der Waals surface area contributed by atoms with Crippen LogP contribution in [0.4, 0.5) is 23.1 Å². The van der Waals surface area contributed by atoms with Gasteiger partial charge in [-0.1, -0.05) is 17.7 Å². The monoisotopic (exact) mass is 493 g/mol. The number of piperazine rings is 1. The van der Waals surface area contributed by atoms with E-state index in [4.69, 9.17) is 4.98 Å². The van der Waals surface area contributed by atoms with Crippen LogP contribution in [-0.2, 0) is 11.0 Å². The van der Waals surface area contributed by atoms with Crippen LogP contribution in [-0.4, -0.2) is 69.9 Å². The summed E-state index contributed by atoms with van der Waals surface area (Å²) < 4.78 is 15.3. The van der Waals surface area contributed by atoms with Crippen molar-refractivity contribution in [2.45, 2.75) is 25.0 Å². The predicted octanol–water partition coefficient (Wildman–Crippen LogP) is 2.73. The van der Waals surface area contributed by atoms with Crippen LogP contribution in [0.1, 0.15) is 28.8 Å². The fourth-order valence-electron chi connectivity index (χ4n) is 4.63. The van der Waals surface area contributed by atoms with Crippen molar-refractivity contribution in [2.75, 3.05) is 55.4 Å². The van der Waals surface area contributed by atoms with Crippen LogP contribution in [0.25, 0.3) is 0 Å². The molecular formula is C25H31N7O2S. The van der Waals surface area contributed by atoms with Gasteiger partial charge in [0.1, 0.15) is 16.7 Å². The number of aryl methyl sites for hydroxylation is 1. The molecule has 1 amide bonds. The largest absolute Gasteiger partial charge is 0.327 e. The lowest BCUT2D eigenvalue weighted by atomic mass is 10.1. The SMILES string of the molecule is Cc1ccc2c(c1)C(=O)N(C)c1cnc(NC3=CC(S(=O)N4CCNCC4)CCC=C3)nc1N2C. The second-order valence-electron chi connectivity index (χ2n) is 9.07. The lowest BCUT2D eigenvalue weighted by Crippen LogP contribution is -2.46. The molecule has 1 aromatic carbocycles. The van der Waals surface area contributed by atoms with Crippen molar-refractivity contribution in [2.24, 2.45) is 0 Å². The Balaban J connectivity index is 1.43. The van der Waals surface area contributed by atoms with Crippen molar-refractivity contribution in [1.82, 2.24) is 19.6 Å². The molecule has 0 saturated carbocycles. The van der Waals surface area contributed by atoms with Gasteiger partial charge in [-0.2, -0.15) is 4.98 Å². The Kier molecular flexibility index (Phi) is 6.68. The van der Waals surface area contributed by atoms with Gasteiger partial charge in [-0.25, -0.2) is 13.5 Å². The van der Waals surface area contributed by atoms with Gasteiger partial charge in [0.25, 0.3) is 5.91 Å². The van der Waals surface area contributed by atoms with Gasteiger partial charge in [0.05, 0.1) is 22.7 Å². The van der Waals surface area contributed by atoms with Crippen LogP contribution >= 0.6 is 0 Å². The zero-order valence-electron chi connectivity index (χ0n) is 20.3. The number of aromatic nitrogens is 2. The second-order valence-corrected chi connectivity index (χ2v) is 10.7. The zero-order valence-corrected chi connectivity index (χ0v) is 21.1. The molecule has 1 fully saturated rings. The highest BCUT2D eigenvalue weighted by Crippen LogP contribution is 2.38. The van der Waals surface area contributed by atoms with Crippen LogP contribution < -0.4 is 20.4 Å². The van der Waals surface area contributed by atoms with Crippen LogP contribution in [0.5, 0.6) is 0 Å². The van der Waals surface area contributed by atoms with Crippen LogP contribution in [0.15, 0.2) is 48.3 Å². The minimum atomic E-state index is -1.08. The Bertz CT molecular complexity index is 1220. The summed E-state index contributed by atoms with van der Waals surface area (Å²) in [5.41, 5.74) is 3.93. The molecule has 35 heavy (non-hydrogen) atoms. The number of anilines is 4. The molecule has 2 unspecified atom stereocenters. The maximum absolute atomic E-state index is 13.2. The minimum absolute atomic E-state index is 0.0760. The maximum atomic E-state index is 13.2. The Labute approximate surface area is 208 Å². The number of nitrogens with one attached hydrogen (secondary N) is 2.